The Bertz CT molecular complexity index is 1640. The van der Waals surface area contributed by atoms with Gasteiger partial charge in [-0.25, -0.2) is 0 Å². The van der Waals surface area contributed by atoms with Crippen molar-refractivity contribution < 1.29 is 14.4 Å². The third kappa shape index (κ3) is 3.01. The van der Waals surface area contributed by atoms with E-state index in [9.17, 15) is 14.4 Å². The summed E-state index contributed by atoms with van der Waals surface area (Å²) in [4.78, 5) is 45.8. The number of hydrogen-bond donors (Lipinski definition) is 1. The van der Waals surface area contributed by atoms with E-state index in [0.717, 1.165) is 22.3 Å². The number of anilines is 1. The predicted octanol–water partition coefficient (Wildman–Crippen LogP) is 6.04. The molecule has 1 fully saturated rings. The molecule has 1 N–H and O–H groups in total. The molecule has 3 aliphatic rings. The summed E-state index contributed by atoms with van der Waals surface area (Å²) in [5.41, 5.74) is 3.66. The summed E-state index contributed by atoms with van der Waals surface area (Å²) < 4.78 is 0. The topological polar surface area (TPSA) is 66.5 Å². The molecule has 0 radical (unpaired) electrons. The van der Waals surface area contributed by atoms with E-state index in [-0.39, 0.29) is 17.5 Å². The number of thiophene rings is 1. The molecule has 4 heterocycles. The van der Waals surface area contributed by atoms with Crippen molar-refractivity contribution in [2.75, 3.05) is 5.32 Å². The van der Waals surface area contributed by atoms with Crippen molar-refractivity contribution in [3.05, 3.63) is 129 Å². The van der Waals surface area contributed by atoms with Crippen molar-refractivity contribution in [3.63, 3.8) is 0 Å². The first-order chi connectivity index (χ1) is 18.5. The van der Waals surface area contributed by atoms with Crippen LogP contribution in [0.1, 0.15) is 48.3 Å². The van der Waals surface area contributed by atoms with Gasteiger partial charge in [-0.3, -0.25) is 14.4 Å². The van der Waals surface area contributed by atoms with Gasteiger partial charge in [-0.1, -0.05) is 78.4 Å². The van der Waals surface area contributed by atoms with Gasteiger partial charge in [-0.15, -0.1) is 11.3 Å². The molecule has 6 heteroatoms. The Balaban J connectivity index is 1.54. The molecular weight excluding hydrogens is 492 g/mol. The predicted molar refractivity (Wildman–Crippen MR) is 148 cm³/mol. The Hall–Kier alpha value is -4.29. The van der Waals surface area contributed by atoms with E-state index in [2.05, 4.69) is 5.32 Å². The molecule has 38 heavy (non-hydrogen) atoms. The molecule has 1 spiro atoms. The van der Waals surface area contributed by atoms with E-state index < -0.39 is 23.4 Å². The Morgan fingerprint density at radius 2 is 1.66 bits per heavy atom. The van der Waals surface area contributed by atoms with Crippen molar-refractivity contribution in [1.82, 2.24) is 4.90 Å². The highest BCUT2D eigenvalue weighted by atomic mass is 32.1. The lowest BCUT2D eigenvalue weighted by molar-refractivity contribution is -0.122. The maximum absolute atomic E-state index is 14.5. The van der Waals surface area contributed by atoms with Crippen LogP contribution in [-0.4, -0.2) is 28.4 Å². The minimum absolute atomic E-state index is 0.164. The molecule has 7 rings (SSSR count). The van der Waals surface area contributed by atoms with Crippen molar-refractivity contribution >= 4 is 40.6 Å². The number of carbonyl (C=O) groups excluding carboxylic acids is 3. The number of ketones is 2. The number of para-hydroxylation sites is 1. The summed E-state index contributed by atoms with van der Waals surface area (Å²) in [5.74, 6) is -1.52. The Labute approximate surface area is 224 Å². The fourth-order valence-electron chi connectivity index (χ4n) is 6.63. The molecule has 3 aliphatic heterocycles. The van der Waals surface area contributed by atoms with Gasteiger partial charge in [0.15, 0.2) is 11.6 Å². The van der Waals surface area contributed by atoms with Gasteiger partial charge in [0.1, 0.15) is 11.5 Å². The highest BCUT2D eigenvalue weighted by Gasteiger charge is 2.70. The first kappa shape index (κ1) is 22.9. The van der Waals surface area contributed by atoms with E-state index in [0.29, 0.717) is 16.1 Å². The molecule has 3 aromatic carbocycles. The number of nitrogens with one attached hydrogen (secondary N) is 1. The Kier molecular flexibility index (Phi) is 5.03. The van der Waals surface area contributed by atoms with Crippen LogP contribution in [-0.2, 0) is 10.2 Å². The minimum Gasteiger partial charge on any atom is -0.358 e. The maximum Gasteiger partial charge on any atom is 0.238 e. The number of carbonyl (C=O) groups is 3. The number of nitrogens with zero attached hydrogens (tertiary/aromatic N) is 1. The summed E-state index contributed by atoms with van der Waals surface area (Å²) in [6.07, 6.45) is 3.88. The molecule has 4 unspecified atom stereocenters. The summed E-state index contributed by atoms with van der Waals surface area (Å²) in [6.45, 7) is 1.97. The smallest absolute Gasteiger partial charge is 0.238 e. The van der Waals surface area contributed by atoms with Crippen LogP contribution >= 0.6 is 11.3 Å². The van der Waals surface area contributed by atoms with Crippen LogP contribution < -0.4 is 5.32 Å². The summed E-state index contributed by atoms with van der Waals surface area (Å²) in [7, 11) is 0. The molecule has 1 saturated heterocycles. The molecule has 1 amide bonds. The van der Waals surface area contributed by atoms with E-state index >= 15 is 0 Å². The van der Waals surface area contributed by atoms with Crippen LogP contribution in [0, 0.1) is 12.8 Å². The summed E-state index contributed by atoms with van der Waals surface area (Å²) in [6, 6.07) is 25.2. The minimum atomic E-state index is -1.29. The van der Waals surface area contributed by atoms with Crippen molar-refractivity contribution in [2.45, 2.75) is 24.4 Å². The second-order valence-electron chi connectivity index (χ2n) is 10.2. The average molecular weight is 517 g/mol. The highest BCUT2D eigenvalue weighted by Crippen LogP contribution is 2.62. The molecule has 0 saturated carbocycles. The van der Waals surface area contributed by atoms with E-state index in [4.69, 9.17) is 0 Å². The molecule has 0 bridgehead atoms. The van der Waals surface area contributed by atoms with Crippen molar-refractivity contribution in [3.8, 4) is 0 Å². The normalized spacial score (nSPS) is 24.6. The summed E-state index contributed by atoms with van der Waals surface area (Å²) >= 11 is 1.34. The number of Topliss-reactive ketones (excluding diaryl/α,β-unsaturated/α-hetero) is 2. The SMILES string of the molecule is Cc1ccc(C(=O)C2C(C(=O)c3cccs3)C3(C(=O)Nc4ccccc43)C3c4ccccc4C=CN23)cc1. The average Bonchev–Trinajstić information content (AvgIpc) is 3.65. The van der Waals surface area contributed by atoms with Crippen LogP contribution in [0.2, 0.25) is 0 Å². The first-order valence-electron chi connectivity index (χ1n) is 12.7. The number of aryl methyl sites for hydroxylation is 1. The zero-order valence-electron chi connectivity index (χ0n) is 20.6. The lowest BCUT2D eigenvalue weighted by atomic mass is 9.63. The lowest BCUT2D eigenvalue weighted by Gasteiger charge is -2.38. The van der Waals surface area contributed by atoms with Crippen molar-refractivity contribution in [1.29, 1.82) is 0 Å². The molecule has 186 valence electrons. The monoisotopic (exact) mass is 516 g/mol. The maximum atomic E-state index is 14.5. The largest absolute Gasteiger partial charge is 0.358 e. The van der Waals surface area contributed by atoms with E-state index in [1.54, 1.807) is 6.07 Å². The molecule has 4 atom stereocenters. The Morgan fingerprint density at radius 3 is 2.45 bits per heavy atom. The molecule has 1 aromatic heterocycles. The van der Waals surface area contributed by atoms with Gasteiger partial charge < -0.3 is 10.2 Å². The van der Waals surface area contributed by atoms with Gasteiger partial charge in [-0.05, 0) is 47.2 Å². The first-order valence-corrected chi connectivity index (χ1v) is 13.5. The zero-order chi connectivity index (χ0) is 26.0. The number of amides is 1. The van der Waals surface area contributed by atoms with Crippen LogP contribution in [0.3, 0.4) is 0 Å². The number of benzene rings is 3. The Morgan fingerprint density at radius 1 is 0.895 bits per heavy atom. The van der Waals surface area contributed by atoms with Crippen LogP contribution in [0.25, 0.3) is 6.08 Å². The van der Waals surface area contributed by atoms with Gasteiger partial charge in [0.2, 0.25) is 5.91 Å². The lowest BCUT2D eigenvalue weighted by Crippen LogP contribution is -2.49. The molecular formula is C32H24N2O3S. The zero-order valence-corrected chi connectivity index (χ0v) is 21.4. The van der Waals surface area contributed by atoms with Gasteiger partial charge in [-0.2, -0.15) is 0 Å². The number of hydrogen-bond acceptors (Lipinski definition) is 5. The summed E-state index contributed by atoms with van der Waals surface area (Å²) in [5, 5.41) is 4.94. The highest BCUT2D eigenvalue weighted by molar-refractivity contribution is 7.12. The second kappa shape index (κ2) is 8.36. The van der Waals surface area contributed by atoms with Gasteiger partial charge in [0.25, 0.3) is 0 Å². The van der Waals surface area contributed by atoms with E-state index in [1.165, 1.54) is 11.3 Å². The fourth-order valence-corrected chi connectivity index (χ4v) is 7.33. The fraction of sp³-hybridized carbons (Fsp3) is 0.156. The van der Waals surface area contributed by atoms with Crippen LogP contribution in [0.15, 0.2) is 96.5 Å². The second-order valence-corrected chi connectivity index (χ2v) is 11.1. The van der Waals surface area contributed by atoms with Crippen LogP contribution in [0.4, 0.5) is 5.69 Å². The quantitative estimate of drug-likeness (QED) is 0.336. The standard InChI is InChI=1S/C32H24N2O3S/c1-19-12-14-21(15-13-19)28(35)27-26(29(36)25-11-6-18-38-25)32(23-9-4-5-10-24(23)33-31(32)37)30-22-8-3-2-7-20(22)16-17-34(27)30/h2-18,26-27,30H,1H3,(H,33,37). The molecule has 4 aromatic rings. The molecule has 0 aliphatic carbocycles. The third-order valence-corrected chi connectivity index (χ3v) is 9.11. The number of rotatable bonds is 4. The van der Waals surface area contributed by atoms with Gasteiger partial charge >= 0.3 is 0 Å². The number of fused-ring (bicyclic) bond motifs is 6. The molecule has 5 nitrogen and oxygen atoms in total. The van der Waals surface area contributed by atoms with Gasteiger partial charge in [0.05, 0.1) is 16.8 Å². The third-order valence-electron chi connectivity index (χ3n) is 8.22. The van der Waals surface area contributed by atoms with Crippen molar-refractivity contribution in [2.24, 2.45) is 5.92 Å². The van der Waals surface area contributed by atoms with Gasteiger partial charge in [0, 0.05) is 17.5 Å². The van der Waals surface area contributed by atoms with E-state index in [1.807, 2.05) is 108 Å². The van der Waals surface area contributed by atoms with Crippen LogP contribution in [0.5, 0.6) is 0 Å².